The number of para-hydroxylation sites is 1. The minimum absolute atomic E-state index is 0.0280. The summed E-state index contributed by atoms with van der Waals surface area (Å²) in [6, 6.07) is 9.93. The zero-order valence-electron chi connectivity index (χ0n) is 16.0. The topological polar surface area (TPSA) is 79.8 Å². The molecule has 1 aromatic carbocycles. The lowest BCUT2D eigenvalue weighted by Gasteiger charge is -2.30. The fourth-order valence-electron chi connectivity index (χ4n) is 3.99. The van der Waals surface area contributed by atoms with Gasteiger partial charge in [-0.05, 0) is 43.3 Å². The van der Waals surface area contributed by atoms with Crippen LogP contribution in [-0.4, -0.2) is 38.8 Å². The van der Waals surface area contributed by atoms with Crippen LogP contribution in [0.25, 0.3) is 17.4 Å². The van der Waals surface area contributed by atoms with E-state index in [0.29, 0.717) is 27.9 Å². The number of carbonyl (C=O) groups excluding carboxylic acids is 1. The molecule has 0 bridgehead atoms. The van der Waals surface area contributed by atoms with Crippen LogP contribution in [0.2, 0.25) is 0 Å². The third-order valence-electron chi connectivity index (χ3n) is 5.50. The highest BCUT2D eigenvalue weighted by Gasteiger charge is 2.40. The predicted molar refractivity (Wildman–Crippen MR) is 113 cm³/mol. The van der Waals surface area contributed by atoms with E-state index < -0.39 is 4.92 Å². The average molecular weight is 411 g/mol. The molecule has 0 N–H and O–H groups in total. The molecule has 0 atom stereocenters. The summed E-state index contributed by atoms with van der Waals surface area (Å²) < 4.78 is 5.81. The summed E-state index contributed by atoms with van der Waals surface area (Å²) in [5, 5.41) is 11.8. The summed E-state index contributed by atoms with van der Waals surface area (Å²) >= 11 is 5.53. The van der Waals surface area contributed by atoms with Crippen molar-refractivity contribution in [1.82, 2.24) is 9.80 Å². The SMILES string of the molecule is CN1C(=S)N(C2CCCCC2)C(=O)/C1=C/c1ccc(-c2ccccc2[N+](=O)[O-])o1. The molecule has 7 nitrogen and oxygen atoms in total. The van der Waals surface area contributed by atoms with Crippen molar-refractivity contribution in [2.24, 2.45) is 0 Å². The molecule has 2 heterocycles. The van der Waals surface area contributed by atoms with Gasteiger partial charge < -0.3 is 9.32 Å². The summed E-state index contributed by atoms with van der Waals surface area (Å²) in [4.78, 5) is 27.3. The minimum atomic E-state index is -0.440. The summed E-state index contributed by atoms with van der Waals surface area (Å²) in [7, 11) is 1.78. The molecular weight excluding hydrogens is 390 g/mol. The Morgan fingerprint density at radius 2 is 1.90 bits per heavy atom. The summed E-state index contributed by atoms with van der Waals surface area (Å²) in [5.74, 6) is 0.707. The number of hydrogen-bond acceptors (Lipinski definition) is 5. The van der Waals surface area contributed by atoms with Crippen LogP contribution in [0.4, 0.5) is 5.69 Å². The molecule has 1 amide bonds. The Hall–Kier alpha value is -3.00. The second kappa shape index (κ2) is 7.79. The van der Waals surface area contributed by atoms with E-state index in [2.05, 4.69) is 0 Å². The first-order valence-corrected chi connectivity index (χ1v) is 10.0. The van der Waals surface area contributed by atoms with Crippen molar-refractivity contribution in [2.75, 3.05) is 7.05 Å². The molecule has 0 unspecified atom stereocenters. The fourth-order valence-corrected chi connectivity index (χ4v) is 4.32. The summed E-state index contributed by atoms with van der Waals surface area (Å²) in [5.41, 5.74) is 0.816. The van der Waals surface area contributed by atoms with Crippen molar-refractivity contribution in [3.8, 4) is 11.3 Å². The maximum atomic E-state index is 13.0. The number of nitro groups is 1. The number of furan rings is 1. The zero-order valence-corrected chi connectivity index (χ0v) is 16.9. The van der Waals surface area contributed by atoms with Crippen molar-refractivity contribution in [1.29, 1.82) is 0 Å². The van der Waals surface area contributed by atoms with Crippen LogP contribution in [-0.2, 0) is 4.79 Å². The highest BCUT2D eigenvalue weighted by molar-refractivity contribution is 7.80. The lowest BCUT2D eigenvalue weighted by atomic mass is 9.94. The van der Waals surface area contributed by atoms with E-state index in [1.807, 2.05) is 0 Å². The highest BCUT2D eigenvalue weighted by atomic mass is 32.1. The largest absolute Gasteiger partial charge is 0.456 e. The molecule has 29 heavy (non-hydrogen) atoms. The van der Waals surface area contributed by atoms with Crippen LogP contribution < -0.4 is 0 Å². The number of hydrogen-bond donors (Lipinski definition) is 0. The number of nitrogens with zero attached hydrogens (tertiary/aromatic N) is 3. The molecule has 8 heteroatoms. The van der Waals surface area contributed by atoms with Crippen LogP contribution in [0.3, 0.4) is 0 Å². The van der Waals surface area contributed by atoms with Gasteiger partial charge in [0.05, 0.1) is 10.5 Å². The van der Waals surface area contributed by atoms with E-state index in [1.54, 1.807) is 53.3 Å². The summed E-state index contributed by atoms with van der Waals surface area (Å²) in [6.45, 7) is 0. The van der Waals surface area contributed by atoms with Crippen molar-refractivity contribution < 1.29 is 14.1 Å². The van der Waals surface area contributed by atoms with E-state index in [-0.39, 0.29) is 17.6 Å². The first-order chi connectivity index (χ1) is 14.0. The third kappa shape index (κ3) is 3.55. The molecule has 2 aromatic rings. The van der Waals surface area contributed by atoms with Gasteiger partial charge in [0.25, 0.3) is 11.6 Å². The van der Waals surface area contributed by atoms with Crippen molar-refractivity contribution in [3.05, 3.63) is 58.0 Å². The van der Waals surface area contributed by atoms with Crippen LogP contribution in [0.1, 0.15) is 37.9 Å². The molecule has 0 spiro atoms. The van der Waals surface area contributed by atoms with E-state index >= 15 is 0 Å². The molecule has 150 valence electrons. The van der Waals surface area contributed by atoms with E-state index in [9.17, 15) is 14.9 Å². The van der Waals surface area contributed by atoms with E-state index in [1.165, 1.54) is 12.5 Å². The molecule has 0 radical (unpaired) electrons. The van der Waals surface area contributed by atoms with Crippen molar-refractivity contribution in [3.63, 3.8) is 0 Å². The van der Waals surface area contributed by atoms with Crippen LogP contribution >= 0.6 is 12.2 Å². The minimum Gasteiger partial charge on any atom is -0.456 e. The van der Waals surface area contributed by atoms with Crippen LogP contribution in [0, 0.1) is 10.1 Å². The summed E-state index contributed by atoms with van der Waals surface area (Å²) in [6.07, 6.45) is 7.00. The van der Waals surface area contributed by atoms with Crippen molar-refractivity contribution in [2.45, 2.75) is 38.1 Å². The molecule has 1 aliphatic carbocycles. The molecule has 2 aliphatic rings. The lowest BCUT2D eigenvalue weighted by Crippen LogP contribution is -2.41. The second-order valence-electron chi connectivity index (χ2n) is 7.31. The molecule has 1 saturated carbocycles. The Balaban J connectivity index is 1.63. The van der Waals surface area contributed by atoms with Gasteiger partial charge in [-0.25, -0.2) is 0 Å². The van der Waals surface area contributed by atoms with Gasteiger partial charge in [0, 0.05) is 25.2 Å². The van der Waals surface area contributed by atoms with Gasteiger partial charge in [-0.15, -0.1) is 0 Å². The van der Waals surface area contributed by atoms with Gasteiger partial charge in [0.15, 0.2) is 5.11 Å². The highest BCUT2D eigenvalue weighted by Crippen LogP contribution is 2.33. The normalized spacial score (nSPS) is 19.4. The number of carbonyl (C=O) groups is 1. The van der Waals surface area contributed by atoms with Gasteiger partial charge >= 0.3 is 0 Å². The fraction of sp³-hybridized carbons (Fsp3) is 0.333. The Morgan fingerprint density at radius 1 is 1.17 bits per heavy atom. The Labute approximate surface area is 173 Å². The molecule has 2 fully saturated rings. The molecule has 1 saturated heterocycles. The quantitative estimate of drug-likeness (QED) is 0.317. The molecule has 1 aromatic heterocycles. The van der Waals surface area contributed by atoms with Gasteiger partial charge in [-0.3, -0.25) is 19.8 Å². The predicted octanol–water partition coefficient (Wildman–Crippen LogP) is 4.59. The van der Waals surface area contributed by atoms with Gasteiger partial charge in [0.2, 0.25) is 0 Å². The Morgan fingerprint density at radius 3 is 2.62 bits per heavy atom. The number of rotatable bonds is 4. The number of amides is 1. The maximum Gasteiger partial charge on any atom is 0.280 e. The zero-order chi connectivity index (χ0) is 20.5. The third-order valence-corrected chi connectivity index (χ3v) is 5.97. The molecular formula is C21H21N3O4S. The van der Waals surface area contributed by atoms with Crippen LogP contribution in [0.5, 0.6) is 0 Å². The standard InChI is InChI=1S/C21H21N3O4S/c1-22-18(20(25)23(21(22)29)14-7-3-2-4-8-14)13-15-11-12-19(28-15)16-9-5-6-10-17(16)24(26)27/h5-6,9-14H,2-4,7-8H2,1H3/b18-13-. The maximum absolute atomic E-state index is 13.0. The molecule has 1 aliphatic heterocycles. The monoisotopic (exact) mass is 411 g/mol. The van der Waals surface area contributed by atoms with Crippen LogP contribution in [0.15, 0.2) is 46.5 Å². The van der Waals surface area contributed by atoms with E-state index in [0.717, 1.165) is 25.7 Å². The molecule has 4 rings (SSSR count). The lowest BCUT2D eigenvalue weighted by molar-refractivity contribution is -0.384. The van der Waals surface area contributed by atoms with Gasteiger partial charge in [-0.2, -0.15) is 0 Å². The number of nitro benzene ring substituents is 1. The first kappa shape index (κ1) is 19.3. The first-order valence-electron chi connectivity index (χ1n) is 9.64. The van der Waals surface area contributed by atoms with Crippen molar-refractivity contribution >= 4 is 35.0 Å². The van der Waals surface area contributed by atoms with Gasteiger partial charge in [-0.1, -0.05) is 31.4 Å². The van der Waals surface area contributed by atoms with E-state index in [4.69, 9.17) is 16.6 Å². The second-order valence-corrected chi connectivity index (χ2v) is 7.68. The Bertz CT molecular complexity index is 1010. The smallest absolute Gasteiger partial charge is 0.280 e. The number of thiocarbonyl (C=S) groups is 1. The Kier molecular flexibility index (Phi) is 5.19. The number of likely N-dealkylation sites (N-methyl/N-ethyl adjacent to an activating group) is 1. The number of benzene rings is 1. The average Bonchev–Trinajstić information content (AvgIpc) is 3.28. The van der Waals surface area contributed by atoms with Gasteiger partial charge in [0.1, 0.15) is 17.2 Å².